The third-order valence-electron chi connectivity index (χ3n) is 4.33. The fourth-order valence-corrected chi connectivity index (χ4v) is 3.26. The summed E-state index contributed by atoms with van der Waals surface area (Å²) in [5.41, 5.74) is 2.67. The number of aliphatic hydroxyl groups is 1. The van der Waals surface area contributed by atoms with Crippen molar-refractivity contribution in [2.75, 3.05) is 20.2 Å². The molecule has 1 heterocycles. The van der Waals surface area contributed by atoms with Gasteiger partial charge in [0.1, 0.15) is 5.76 Å². The van der Waals surface area contributed by atoms with E-state index in [4.69, 9.17) is 9.15 Å². The molecule has 0 radical (unpaired) electrons. The molecule has 2 unspecified atom stereocenters. The van der Waals surface area contributed by atoms with Crippen molar-refractivity contribution in [3.8, 4) is 0 Å². The number of fused-ring (bicyclic) bond motifs is 1. The molecule has 2 aromatic rings. The standard InChI is InChI=1S/C19H25NO3/c1-20(13-17-8-5-11-22-17)12-16(21)14-23-19-10-4-7-15-6-2-3-9-18(15)19/h2-3,5-6,8-9,11,16,19,21H,4,7,10,12-14H2,1H3. The summed E-state index contributed by atoms with van der Waals surface area (Å²) in [6.07, 6.45) is 4.60. The van der Waals surface area contributed by atoms with Crippen molar-refractivity contribution in [3.63, 3.8) is 0 Å². The van der Waals surface area contributed by atoms with Crippen molar-refractivity contribution in [1.29, 1.82) is 0 Å². The van der Waals surface area contributed by atoms with Gasteiger partial charge in [0.05, 0.1) is 31.6 Å². The second-order valence-electron chi connectivity index (χ2n) is 6.34. The Morgan fingerprint density at radius 1 is 1.30 bits per heavy atom. The molecular formula is C19H25NO3. The number of aliphatic hydroxyl groups excluding tert-OH is 1. The van der Waals surface area contributed by atoms with E-state index in [0.29, 0.717) is 19.7 Å². The zero-order chi connectivity index (χ0) is 16.1. The maximum atomic E-state index is 10.2. The molecule has 0 saturated carbocycles. The van der Waals surface area contributed by atoms with Crippen molar-refractivity contribution >= 4 is 0 Å². The Balaban J connectivity index is 1.47. The minimum atomic E-state index is -0.496. The average Bonchev–Trinajstić information content (AvgIpc) is 3.05. The van der Waals surface area contributed by atoms with Crippen molar-refractivity contribution in [1.82, 2.24) is 4.90 Å². The summed E-state index contributed by atoms with van der Waals surface area (Å²) < 4.78 is 11.3. The van der Waals surface area contributed by atoms with E-state index < -0.39 is 6.10 Å². The minimum Gasteiger partial charge on any atom is -0.468 e. The van der Waals surface area contributed by atoms with Gasteiger partial charge in [-0.15, -0.1) is 0 Å². The van der Waals surface area contributed by atoms with Gasteiger partial charge in [0, 0.05) is 6.54 Å². The number of rotatable bonds is 7. The lowest BCUT2D eigenvalue weighted by Crippen LogP contribution is -2.32. The first-order valence-electron chi connectivity index (χ1n) is 8.31. The molecule has 0 fully saturated rings. The predicted octanol–water partition coefficient (Wildman–Crippen LogP) is 3.17. The summed E-state index contributed by atoms with van der Waals surface area (Å²) in [5.74, 6) is 0.904. The summed E-state index contributed by atoms with van der Waals surface area (Å²) in [5, 5.41) is 10.2. The van der Waals surface area contributed by atoms with E-state index in [2.05, 4.69) is 24.3 Å². The van der Waals surface area contributed by atoms with Gasteiger partial charge in [0.2, 0.25) is 0 Å². The molecule has 1 aromatic heterocycles. The van der Waals surface area contributed by atoms with Gasteiger partial charge in [-0.25, -0.2) is 0 Å². The van der Waals surface area contributed by atoms with E-state index in [-0.39, 0.29) is 6.10 Å². The molecule has 1 aromatic carbocycles. The van der Waals surface area contributed by atoms with Crippen LogP contribution >= 0.6 is 0 Å². The Labute approximate surface area is 137 Å². The van der Waals surface area contributed by atoms with Crippen molar-refractivity contribution < 1.29 is 14.3 Å². The Hall–Kier alpha value is -1.62. The van der Waals surface area contributed by atoms with Crippen LogP contribution in [0, 0.1) is 0 Å². The third-order valence-corrected chi connectivity index (χ3v) is 4.33. The highest BCUT2D eigenvalue weighted by Crippen LogP contribution is 2.32. The molecule has 4 nitrogen and oxygen atoms in total. The molecule has 1 N–H and O–H groups in total. The second kappa shape index (κ2) is 7.77. The van der Waals surface area contributed by atoms with E-state index in [1.807, 2.05) is 24.1 Å². The molecule has 23 heavy (non-hydrogen) atoms. The molecular weight excluding hydrogens is 290 g/mol. The Kier molecular flexibility index (Phi) is 5.49. The quantitative estimate of drug-likeness (QED) is 0.852. The van der Waals surface area contributed by atoms with Crippen molar-refractivity contribution in [2.24, 2.45) is 0 Å². The van der Waals surface area contributed by atoms with E-state index in [0.717, 1.165) is 25.0 Å². The first-order chi connectivity index (χ1) is 11.2. The summed E-state index contributed by atoms with van der Waals surface area (Å²) in [4.78, 5) is 2.04. The normalized spacial score (nSPS) is 18.8. The maximum Gasteiger partial charge on any atom is 0.117 e. The van der Waals surface area contributed by atoms with E-state index in [9.17, 15) is 5.11 Å². The number of hydrogen-bond acceptors (Lipinski definition) is 4. The molecule has 124 valence electrons. The Morgan fingerprint density at radius 3 is 3.00 bits per heavy atom. The number of furan rings is 1. The molecule has 0 bridgehead atoms. The van der Waals surface area contributed by atoms with Gasteiger partial charge in [-0.1, -0.05) is 24.3 Å². The number of benzene rings is 1. The Bertz CT molecular complexity index is 596. The van der Waals surface area contributed by atoms with Gasteiger partial charge in [-0.3, -0.25) is 4.90 Å². The van der Waals surface area contributed by atoms with Crippen LogP contribution in [0.25, 0.3) is 0 Å². The van der Waals surface area contributed by atoms with Gasteiger partial charge in [-0.05, 0) is 49.6 Å². The average molecular weight is 315 g/mol. The molecule has 3 rings (SSSR count). The molecule has 0 aliphatic heterocycles. The molecule has 2 atom stereocenters. The van der Waals surface area contributed by atoms with Gasteiger partial charge >= 0.3 is 0 Å². The van der Waals surface area contributed by atoms with Crippen LogP contribution in [0.4, 0.5) is 0 Å². The second-order valence-corrected chi connectivity index (χ2v) is 6.34. The lowest BCUT2D eigenvalue weighted by atomic mass is 9.89. The zero-order valence-electron chi connectivity index (χ0n) is 13.6. The summed E-state index contributed by atoms with van der Waals surface area (Å²) in [7, 11) is 1.97. The number of ether oxygens (including phenoxy) is 1. The van der Waals surface area contributed by atoms with E-state index >= 15 is 0 Å². The molecule has 0 saturated heterocycles. The largest absolute Gasteiger partial charge is 0.468 e. The van der Waals surface area contributed by atoms with Crippen molar-refractivity contribution in [3.05, 3.63) is 59.5 Å². The lowest BCUT2D eigenvalue weighted by Gasteiger charge is -2.27. The minimum absolute atomic E-state index is 0.116. The third kappa shape index (κ3) is 4.44. The molecule has 1 aliphatic carbocycles. The van der Waals surface area contributed by atoms with Crippen LogP contribution < -0.4 is 0 Å². The SMILES string of the molecule is CN(Cc1ccco1)CC(O)COC1CCCc2ccccc21. The highest BCUT2D eigenvalue weighted by molar-refractivity contribution is 5.31. The van der Waals surface area contributed by atoms with Crippen LogP contribution in [0.15, 0.2) is 47.1 Å². The number of aryl methyl sites for hydroxylation is 1. The van der Waals surface area contributed by atoms with Gasteiger partial charge in [-0.2, -0.15) is 0 Å². The van der Waals surface area contributed by atoms with Crippen LogP contribution in [0.2, 0.25) is 0 Å². The molecule has 0 amide bonds. The van der Waals surface area contributed by atoms with Crippen LogP contribution in [0.3, 0.4) is 0 Å². The van der Waals surface area contributed by atoms with E-state index in [1.165, 1.54) is 11.1 Å². The molecule has 4 heteroatoms. The topological polar surface area (TPSA) is 45.8 Å². The number of hydrogen-bond donors (Lipinski definition) is 1. The summed E-state index contributed by atoms with van der Waals surface area (Å²) >= 11 is 0. The fourth-order valence-electron chi connectivity index (χ4n) is 3.26. The first kappa shape index (κ1) is 16.2. The van der Waals surface area contributed by atoms with Crippen LogP contribution in [-0.2, 0) is 17.7 Å². The molecule has 1 aliphatic rings. The highest BCUT2D eigenvalue weighted by Gasteiger charge is 2.21. The van der Waals surface area contributed by atoms with Crippen LogP contribution in [0.5, 0.6) is 0 Å². The fraction of sp³-hybridized carbons (Fsp3) is 0.474. The summed E-state index contributed by atoms with van der Waals surface area (Å²) in [6.45, 7) is 1.62. The monoisotopic (exact) mass is 315 g/mol. The van der Waals surface area contributed by atoms with Gasteiger partial charge in [0.25, 0.3) is 0 Å². The maximum absolute atomic E-state index is 10.2. The van der Waals surface area contributed by atoms with Gasteiger partial charge in [0.15, 0.2) is 0 Å². The zero-order valence-corrected chi connectivity index (χ0v) is 13.6. The van der Waals surface area contributed by atoms with E-state index in [1.54, 1.807) is 6.26 Å². The molecule has 0 spiro atoms. The Morgan fingerprint density at radius 2 is 2.17 bits per heavy atom. The van der Waals surface area contributed by atoms with Crippen LogP contribution in [0.1, 0.15) is 35.8 Å². The number of nitrogens with zero attached hydrogens (tertiary/aromatic N) is 1. The van der Waals surface area contributed by atoms with Gasteiger partial charge < -0.3 is 14.3 Å². The highest BCUT2D eigenvalue weighted by atomic mass is 16.5. The summed E-state index contributed by atoms with van der Waals surface area (Å²) in [6, 6.07) is 12.3. The first-order valence-corrected chi connectivity index (χ1v) is 8.31. The lowest BCUT2D eigenvalue weighted by molar-refractivity contribution is -0.0269. The number of likely N-dealkylation sites (N-methyl/N-ethyl adjacent to an activating group) is 1. The smallest absolute Gasteiger partial charge is 0.117 e. The predicted molar refractivity (Wildman–Crippen MR) is 89.1 cm³/mol. The van der Waals surface area contributed by atoms with Crippen LogP contribution in [-0.4, -0.2) is 36.3 Å². The van der Waals surface area contributed by atoms with Crippen molar-refractivity contribution in [2.45, 2.75) is 38.0 Å².